The first kappa shape index (κ1) is 18.7. The van der Waals surface area contributed by atoms with Gasteiger partial charge in [0.05, 0.1) is 46.2 Å². The Labute approximate surface area is 118 Å². The van der Waals surface area contributed by atoms with Crippen molar-refractivity contribution in [2.75, 3.05) is 59.8 Å². The lowest BCUT2D eigenvalue weighted by molar-refractivity contribution is -0.116. The van der Waals surface area contributed by atoms with Crippen molar-refractivity contribution < 1.29 is 23.8 Å². The molecule has 0 aromatic carbocycles. The number of ether oxygens (including phenoxy) is 3. The molecule has 0 aliphatic rings. The van der Waals surface area contributed by atoms with Crippen LogP contribution >= 0.6 is 0 Å². The second kappa shape index (κ2) is 14.2. The van der Waals surface area contributed by atoms with E-state index in [1.807, 2.05) is 0 Å². The van der Waals surface area contributed by atoms with Crippen LogP contribution in [-0.4, -0.2) is 77.1 Å². The van der Waals surface area contributed by atoms with E-state index in [2.05, 4.69) is 10.9 Å². The SMILES string of the molecule is CNNC(=O)N(C=O)CCOCCOCCOCCN. The number of nitrogens with one attached hydrogen (secondary N) is 2. The molecule has 0 atom stereocenters. The predicted molar refractivity (Wildman–Crippen MR) is 71.9 cm³/mol. The third-order valence-electron chi connectivity index (χ3n) is 2.10. The zero-order chi connectivity index (χ0) is 15.1. The summed E-state index contributed by atoms with van der Waals surface area (Å²) in [6, 6.07) is -0.528. The van der Waals surface area contributed by atoms with E-state index in [9.17, 15) is 9.59 Å². The minimum Gasteiger partial charge on any atom is -0.378 e. The molecule has 118 valence electrons. The Bertz CT molecular complexity index is 255. The highest BCUT2D eigenvalue weighted by Gasteiger charge is 2.10. The van der Waals surface area contributed by atoms with Gasteiger partial charge in [-0.05, 0) is 0 Å². The molecule has 4 N–H and O–H groups in total. The first-order chi connectivity index (χ1) is 9.76. The van der Waals surface area contributed by atoms with Gasteiger partial charge in [0.25, 0.3) is 0 Å². The second-order valence-corrected chi connectivity index (χ2v) is 3.60. The molecule has 0 aliphatic heterocycles. The first-order valence-electron chi connectivity index (χ1n) is 6.38. The Hall–Kier alpha value is -1.26. The molecular weight excluding hydrogens is 268 g/mol. The second-order valence-electron chi connectivity index (χ2n) is 3.60. The van der Waals surface area contributed by atoms with Crippen LogP contribution in [0, 0.1) is 0 Å². The fourth-order valence-electron chi connectivity index (χ4n) is 1.17. The summed E-state index contributed by atoms with van der Waals surface area (Å²) in [4.78, 5) is 22.9. The number of hydrogen-bond acceptors (Lipinski definition) is 7. The van der Waals surface area contributed by atoms with Crippen LogP contribution in [-0.2, 0) is 19.0 Å². The maximum atomic E-state index is 11.3. The topological polar surface area (TPSA) is 115 Å². The van der Waals surface area contributed by atoms with Crippen LogP contribution < -0.4 is 16.6 Å². The Balaban J connectivity index is 3.37. The third kappa shape index (κ3) is 10.6. The molecule has 0 heterocycles. The average Bonchev–Trinajstić information content (AvgIpc) is 2.45. The lowest BCUT2D eigenvalue weighted by Gasteiger charge is -2.15. The van der Waals surface area contributed by atoms with E-state index in [0.717, 1.165) is 4.90 Å². The van der Waals surface area contributed by atoms with Gasteiger partial charge in [-0.3, -0.25) is 15.1 Å². The zero-order valence-electron chi connectivity index (χ0n) is 11.8. The third-order valence-corrected chi connectivity index (χ3v) is 2.10. The van der Waals surface area contributed by atoms with Crippen LogP contribution in [0.25, 0.3) is 0 Å². The molecule has 20 heavy (non-hydrogen) atoms. The van der Waals surface area contributed by atoms with Crippen molar-refractivity contribution in [3.63, 3.8) is 0 Å². The predicted octanol–water partition coefficient (Wildman–Crippen LogP) is -1.70. The van der Waals surface area contributed by atoms with Gasteiger partial charge in [-0.15, -0.1) is 0 Å². The van der Waals surface area contributed by atoms with Crippen molar-refractivity contribution in [1.29, 1.82) is 0 Å². The van der Waals surface area contributed by atoms with Gasteiger partial charge in [0.15, 0.2) is 0 Å². The Morgan fingerprint density at radius 2 is 1.65 bits per heavy atom. The fraction of sp³-hybridized carbons (Fsp3) is 0.818. The highest BCUT2D eigenvalue weighted by atomic mass is 16.5. The number of carbonyl (C=O) groups excluding carboxylic acids is 2. The molecule has 0 aliphatic carbocycles. The van der Waals surface area contributed by atoms with E-state index >= 15 is 0 Å². The minimum atomic E-state index is -0.528. The van der Waals surface area contributed by atoms with Crippen molar-refractivity contribution in [3.8, 4) is 0 Å². The largest absolute Gasteiger partial charge is 0.378 e. The van der Waals surface area contributed by atoms with Gasteiger partial charge >= 0.3 is 6.03 Å². The van der Waals surface area contributed by atoms with Gasteiger partial charge < -0.3 is 19.9 Å². The van der Waals surface area contributed by atoms with Gasteiger partial charge in [0, 0.05) is 13.6 Å². The highest BCUT2D eigenvalue weighted by Crippen LogP contribution is 1.86. The molecule has 0 rings (SSSR count). The number of urea groups is 1. The van der Waals surface area contributed by atoms with E-state index in [-0.39, 0.29) is 13.2 Å². The number of rotatable bonds is 13. The van der Waals surface area contributed by atoms with Crippen LogP contribution in [0.5, 0.6) is 0 Å². The Morgan fingerprint density at radius 3 is 2.15 bits per heavy atom. The van der Waals surface area contributed by atoms with E-state index < -0.39 is 6.03 Å². The molecule has 0 saturated heterocycles. The molecule has 9 heteroatoms. The molecule has 9 nitrogen and oxygen atoms in total. The molecule has 0 aromatic rings. The molecule has 0 unspecified atom stereocenters. The summed E-state index contributed by atoms with van der Waals surface area (Å²) in [5.41, 5.74) is 9.98. The average molecular weight is 292 g/mol. The van der Waals surface area contributed by atoms with Crippen LogP contribution in [0.2, 0.25) is 0 Å². The Morgan fingerprint density at radius 1 is 1.10 bits per heavy atom. The van der Waals surface area contributed by atoms with Gasteiger partial charge in [-0.1, -0.05) is 0 Å². The van der Waals surface area contributed by atoms with Crippen molar-refractivity contribution in [3.05, 3.63) is 0 Å². The van der Waals surface area contributed by atoms with E-state index in [1.54, 1.807) is 0 Å². The summed E-state index contributed by atoms with van der Waals surface area (Å²) in [5, 5.41) is 0. The summed E-state index contributed by atoms with van der Waals surface area (Å²) in [5.74, 6) is 0. The summed E-state index contributed by atoms with van der Waals surface area (Å²) < 4.78 is 15.6. The lowest BCUT2D eigenvalue weighted by Crippen LogP contribution is -2.45. The molecular formula is C11H24N4O5. The highest BCUT2D eigenvalue weighted by molar-refractivity contribution is 5.84. The number of carbonyl (C=O) groups is 2. The number of hydrogen-bond donors (Lipinski definition) is 3. The molecule has 3 amide bonds. The van der Waals surface area contributed by atoms with Crippen molar-refractivity contribution >= 4 is 12.4 Å². The molecule has 0 spiro atoms. The molecule has 0 saturated carbocycles. The Kier molecular flexibility index (Phi) is 13.3. The molecule has 0 aromatic heterocycles. The number of amides is 3. The van der Waals surface area contributed by atoms with Crippen LogP contribution in [0.15, 0.2) is 0 Å². The van der Waals surface area contributed by atoms with Crippen molar-refractivity contribution in [1.82, 2.24) is 15.8 Å². The fourth-order valence-corrected chi connectivity index (χ4v) is 1.17. The van der Waals surface area contributed by atoms with Crippen LogP contribution in [0.1, 0.15) is 0 Å². The van der Waals surface area contributed by atoms with E-state index in [1.165, 1.54) is 7.05 Å². The summed E-state index contributed by atoms with van der Waals surface area (Å²) in [6.45, 7) is 3.24. The van der Waals surface area contributed by atoms with Crippen molar-refractivity contribution in [2.45, 2.75) is 0 Å². The van der Waals surface area contributed by atoms with E-state index in [4.69, 9.17) is 19.9 Å². The zero-order valence-corrected chi connectivity index (χ0v) is 11.8. The number of nitrogens with two attached hydrogens (primary N) is 1. The quantitative estimate of drug-likeness (QED) is 0.210. The summed E-state index contributed by atoms with van der Waals surface area (Å²) >= 11 is 0. The van der Waals surface area contributed by atoms with E-state index in [0.29, 0.717) is 46.0 Å². The number of nitrogens with zero attached hydrogens (tertiary/aromatic N) is 1. The summed E-state index contributed by atoms with van der Waals surface area (Å²) in [7, 11) is 1.53. The van der Waals surface area contributed by atoms with Crippen LogP contribution in [0.4, 0.5) is 4.79 Å². The molecule has 0 bridgehead atoms. The van der Waals surface area contributed by atoms with Crippen LogP contribution in [0.3, 0.4) is 0 Å². The molecule has 0 radical (unpaired) electrons. The van der Waals surface area contributed by atoms with Gasteiger partial charge in [0.1, 0.15) is 0 Å². The normalized spacial score (nSPS) is 10.3. The number of imide groups is 1. The monoisotopic (exact) mass is 292 g/mol. The minimum absolute atomic E-state index is 0.177. The van der Waals surface area contributed by atoms with Gasteiger partial charge in [-0.2, -0.15) is 0 Å². The molecule has 0 fully saturated rings. The van der Waals surface area contributed by atoms with Gasteiger partial charge in [0.2, 0.25) is 6.41 Å². The van der Waals surface area contributed by atoms with Gasteiger partial charge in [-0.25, -0.2) is 10.2 Å². The maximum absolute atomic E-state index is 11.3. The van der Waals surface area contributed by atoms with Crippen molar-refractivity contribution in [2.24, 2.45) is 5.73 Å². The summed E-state index contributed by atoms with van der Waals surface area (Å²) in [6.07, 6.45) is 0.446. The number of hydrazine groups is 1. The lowest BCUT2D eigenvalue weighted by atomic mass is 10.6. The first-order valence-corrected chi connectivity index (χ1v) is 6.38. The maximum Gasteiger partial charge on any atom is 0.338 e. The standard InChI is InChI=1S/C11H24N4O5/c1-13-14-11(17)15(10-16)3-5-19-7-9-20-8-6-18-4-2-12/h10,13H,2-9,12H2,1H3,(H,14,17). The smallest absolute Gasteiger partial charge is 0.338 e.